The number of nitrogens with one attached hydrogen (secondary N) is 1. The predicted molar refractivity (Wildman–Crippen MR) is 120 cm³/mol. The Morgan fingerprint density at radius 2 is 1.93 bits per heavy atom. The second-order valence-corrected chi connectivity index (χ2v) is 9.19. The minimum absolute atomic E-state index is 0.351. The van der Waals surface area contributed by atoms with Crippen LogP contribution in [0.2, 0.25) is 0 Å². The average molecular weight is 416 g/mol. The number of aliphatic hydroxyl groups is 1. The van der Waals surface area contributed by atoms with E-state index >= 15 is 0 Å². The van der Waals surface area contributed by atoms with Crippen LogP contribution < -0.4 is 0 Å². The SMILES string of the molecule is CCCCCCCC(O)Sc1ccnc(SCc2nc3ccccc3[nH]2)c1C. The van der Waals surface area contributed by atoms with Crippen molar-refractivity contribution in [2.75, 3.05) is 0 Å². The highest BCUT2D eigenvalue weighted by atomic mass is 32.2. The lowest BCUT2D eigenvalue weighted by molar-refractivity contribution is 0.247. The van der Waals surface area contributed by atoms with Crippen molar-refractivity contribution in [3.8, 4) is 0 Å². The predicted octanol–water partition coefficient (Wildman–Crippen LogP) is 6.33. The van der Waals surface area contributed by atoms with Crippen molar-refractivity contribution in [3.63, 3.8) is 0 Å². The van der Waals surface area contributed by atoms with Crippen molar-refractivity contribution < 1.29 is 5.11 Å². The zero-order valence-corrected chi connectivity index (χ0v) is 18.3. The average Bonchev–Trinajstić information content (AvgIpc) is 3.11. The van der Waals surface area contributed by atoms with Crippen molar-refractivity contribution in [2.45, 2.75) is 73.5 Å². The second kappa shape index (κ2) is 10.9. The molecule has 2 heterocycles. The van der Waals surface area contributed by atoms with Crippen molar-refractivity contribution in [1.82, 2.24) is 15.0 Å². The molecule has 4 nitrogen and oxygen atoms in total. The largest absolute Gasteiger partial charge is 0.382 e. The third kappa shape index (κ3) is 6.00. The monoisotopic (exact) mass is 415 g/mol. The lowest BCUT2D eigenvalue weighted by atomic mass is 10.1. The number of para-hydroxylation sites is 2. The van der Waals surface area contributed by atoms with E-state index in [0.717, 1.165) is 50.9 Å². The van der Waals surface area contributed by atoms with Gasteiger partial charge in [0.15, 0.2) is 0 Å². The molecule has 1 unspecified atom stereocenters. The maximum atomic E-state index is 10.4. The topological polar surface area (TPSA) is 61.8 Å². The van der Waals surface area contributed by atoms with Gasteiger partial charge in [-0.1, -0.05) is 68.3 Å². The molecule has 0 bridgehead atoms. The Morgan fingerprint density at radius 1 is 1.11 bits per heavy atom. The lowest BCUT2D eigenvalue weighted by Crippen LogP contribution is -2.02. The lowest BCUT2D eigenvalue weighted by Gasteiger charge is -2.13. The van der Waals surface area contributed by atoms with Gasteiger partial charge in [-0.15, -0.1) is 0 Å². The number of unbranched alkanes of at least 4 members (excludes halogenated alkanes) is 4. The van der Waals surface area contributed by atoms with Gasteiger partial charge in [-0.3, -0.25) is 0 Å². The first-order chi connectivity index (χ1) is 13.7. The molecule has 0 saturated heterocycles. The van der Waals surface area contributed by atoms with E-state index in [0.29, 0.717) is 0 Å². The molecule has 1 atom stereocenters. The van der Waals surface area contributed by atoms with Gasteiger partial charge in [-0.05, 0) is 43.5 Å². The highest BCUT2D eigenvalue weighted by molar-refractivity contribution is 8.00. The van der Waals surface area contributed by atoms with E-state index in [-0.39, 0.29) is 5.44 Å². The first kappa shape index (κ1) is 21.2. The van der Waals surface area contributed by atoms with Gasteiger partial charge in [-0.2, -0.15) is 0 Å². The Labute approximate surface area is 176 Å². The molecule has 0 aliphatic heterocycles. The smallest absolute Gasteiger partial charge is 0.117 e. The van der Waals surface area contributed by atoms with E-state index in [4.69, 9.17) is 0 Å². The van der Waals surface area contributed by atoms with Gasteiger partial charge in [0.2, 0.25) is 0 Å². The van der Waals surface area contributed by atoms with E-state index < -0.39 is 0 Å². The number of rotatable bonds is 11. The molecule has 0 aliphatic carbocycles. The molecule has 3 rings (SSSR count). The van der Waals surface area contributed by atoms with Gasteiger partial charge >= 0.3 is 0 Å². The summed E-state index contributed by atoms with van der Waals surface area (Å²) in [5.41, 5.74) is 2.85. The molecule has 2 aromatic heterocycles. The first-order valence-electron chi connectivity index (χ1n) is 10.0. The van der Waals surface area contributed by atoms with Crippen LogP contribution in [0.15, 0.2) is 46.5 Å². The Kier molecular flexibility index (Phi) is 8.25. The van der Waals surface area contributed by atoms with Gasteiger partial charge < -0.3 is 10.1 Å². The van der Waals surface area contributed by atoms with Crippen LogP contribution in [0.1, 0.15) is 56.8 Å². The zero-order valence-electron chi connectivity index (χ0n) is 16.6. The molecule has 0 fully saturated rings. The molecule has 0 spiro atoms. The number of thioether (sulfide) groups is 2. The molecular weight excluding hydrogens is 386 g/mol. The van der Waals surface area contributed by atoms with Gasteiger partial charge in [0.25, 0.3) is 0 Å². The van der Waals surface area contributed by atoms with Crippen molar-refractivity contribution >= 4 is 34.6 Å². The quantitative estimate of drug-likeness (QED) is 0.218. The molecule has 150 valence electrons. The van der Waals surface area contributed by atoms with Crippen LogP contribution >= 0.6 is 23.5 Å². The summed E-state index contributed by atoms with van der Waals surface area (Å²) in [6.07, 6.45) is 8.79. The number of hydrogen-bond donors (Lipinski definition) is 2. The normalized spacial score (nSPS) is 12.5. The van der Waals surface area contributed by atoms with Crippen LogP contribution in [0.3, 0.4) is 0 Å². The Hall–Kier alpha value is -1.50. The highest BCUT2D eigenvalue weighted by Crippen LogP contribution is 2.33. The minimum atomic E-state index is -0.351. The second-order valence-electron chi connectivity index (χ2n) is 7.00. The minimum Gasteiger partial charge on any atom is -0.382 e. The summed E-state index contributed by atoms with van der Waals surface area (Å²) in [6.45, 7) is 4.31. The number of benzene rings is 1. The number of aromatic amines is 1. The van der Waals surface area contributed by atoms with E-state index in [1.54, 1.807) is 23.5 Å². The molecule has 0 radical (unpaired) electrons. The molecule has 0 amide bonds. The van der Waals surface area contributed by atoms with Crippen LogP contribution in [-0.4, -0.2) is 25.5 Å². The standard InChI is InChI=1S/C22H29N3OS2/c1-3-4-5-6-7-12-21(26)28-19-13-14-23-22(16(19)2)27-15-20-24-17-10-8-9-11-18(17)25-20/h8-11,13-14,21,26H,3-7,12,15H2,1-2H3,(H,24,25). The number of nitrogens with zero attached hydrogens (tertiary/aromatic N) is 2. The summed E-state index contributed by atoms with van der Waals surface area (Å²) in [5, 5.41) is 11.4. The third-order valence-corrected chi connectivity index (χ3v) is 7.02. The fourth-order valence-corrected chi connectivity index (χ4v) is 5.04. The van der Waals surface area contributed by atoms with E-state index in [1.165, 1.54) is 25.7 Å². The summed E-state index contributed by atoms with van der Waals surface area (Å²) in [4.78, 5) is 13.7. The van der Waals surface area contributed by atoms with Crippen LogP contribution in [0, 0.1) is 6.92 Å². The Morgan fingerprint density at radius 3 is 2.75 bits per heavy atom. The summed E-state index contributed by atoms with van der Waals surface area (Å²) in [6, 6.07) is 10.1. The van der Waals surface area contributed by atoms with Crippen molar-refractivity contribution in [1.29, 1.82) is 0 Å². The van der Waals surface area contributed by atoms with Crippen molar-refractivity contribution in [3.05, 3.63) is 47.9 Å². The van der Waals surface area contributed by atoms with E-state index in [1.807, 2.05) is 36.5 Å². The van der Waals surface area contributed by atoms with E-state index in [9.17, 15) is 5.11 Å². The highest BCUT2D eigenvalue weighted by Gasteiger charge is 2.12. The fraction of sp³-hybridized carbons (Fsp3) is 0.455. The molecule has 0 aliphatic rings. The molecule has 6 heteroatoms. The summed E-state index contributed by atoms with van der Waals surface area (Å²) in [7, 11) is 0. The summed E-state index contributed by atoms with van der Waals surface area (Å²) in [5.74, 6) is 1.70. The van der Waals surface area contributed by atoms with Crippen LogP contribution in [0.5, 0.6) is 0 Å². The number of hydrogen-bond acceptors (Lipinski definition) is 5. The maximum Gasteiger partial charge on any atom is 0.117 e. The molecule has 1 aromatic carbocycles. The first-order valence-corrected chi connectivity index (χ1v) is 11.9. The molecule has 2 N–H and O–H groups in total. The number of pyridine rings is 1. The Bertz CT molecular complexity index is 848. The molecule has 28 heavy (non-hydrogen) atoms. The van der Waals surface area contributed by atoms with Crippen LogP contribution in [-0.2, 0) is 5.75 Å². The number of imidazole rings is 1. The molecule has 3 aromatic rings. The zero-order chi connectivity index (χ0) is 19.8. The number of aliphatic hydroxyl groups excluding tert-OH is 1. The third-order valence-electron chi connectivity index (χ3n) is 4.71. The van der Waals surface area contributed by atoms with Crippen LogP contribution in [0.4, 0.5) is 0 Å². The van der Waals surface area contributed by atoms with Gasteiger partial charge in [0, 0.05) is 11.1 Å². The molecular formula is C22H29N3OS2. The molecule has 0 saturated carbocycles. The number of H-pyrrole nitrogens is 1. The van der Waals surface area contributed by atoms with Gasteiger partial charge in [0.1, 0.15) is 16.3 Å². The summed E-state index contributed by atoms with van der Waals surface area (Å²) < 4.78 is 0. The van der Waals surface area contributed by atoms with Crippen molar-refractivity contribution in [2.24, 2.45) is 0 Å². The number of aromatic nitrogens is 3. The summed E-state index contributed by atoms with van der Waals surface area (Å²) >= 11 is 3.24. The van der Waals surface area contributed by atoms with Crippen LogP contribution in [0.25, 0.3) is 11.0 Å². The van der Waals surface area contributed by atoms with E-state index in [2.05, 4.69) is 28.8 Å². The van der Waals surface area contributed by atoms with Gasteiger partial charge in [-0.25, -0.2) is 9.97 Å². The number of fused-ring (bicyclic) bond motifs is 1. The van der Waals surface area contributed by atoms with Gasteiger partial charge in [0.05, 0.1) is 16.8 Å². The fourth-order valence-electron chi connectivity index (χ4n) is 3.11. The maximum absolute atomic E-state index is 10.4. The Balaban J connectivity index is 1.54.